The Hall–Kier alpha value is -0.120. The van der Waals surface area contributed by atoms with Gasteiger partial charge in [-0.2, -0.15) is 0 Å². The molecule has 3 N–H and O–H groups in total. The maximum absolute atomic E-state index is 9.24. The van der Waals surface area contributed by atoms with E-state index in [9.17, 15) is 5.11 Å². The zero-order valence-electron chi connectivity index (χ0n) is 8.04. The monoisotopic (exact) mass is 185 g/mol. The topological polar surface area (TPSA) is 55.5 Å². The van der Waals surface area contributed by atoms with Crippen LogP contribution in [0, 0.1) is 17.3 Å². The fourth-order valence-electron chi connectivity index (χ4n) is 2.61. The lowest BCUT2D eigenvalue weighted by molar-refractivity contribution is 0.0370. The van der Waals surface area contributed by atoms with Crippen molar-refractivity contribution in [2.75, 3.05) is 26.4 Å². The van der Waals surface area contributed by atoms with Crippen LogP contribution >= 0.6 is 0 Å². The number of rotatable bonds is 3. The van der Waals surface area contributed by atoms with Gasteiger partial charge >= 0.3 is 0 Å². The van der Waals surface area contributed by atoms with Crippen LogP contribution in [0.2, 0.25) is 0 Å². The highest BCUT2D eigenvalue weighted by atomic mass is 16.5. The van der Waals surface area contributed by atoms with Crippen molar-refractivity contribution in [3.63, 3.8) is 0 Å². The van der Waals surface area contributed by atoms with E-state index in [1.54, 1.807) is 0 Å². The lowest BCUT2D eigenvalue weighted by Crippen LogP contribution is -2.27. The number of aliphatic hydroxyl groups excluding tert-OH is 1. The van der Waals surface area contributed by atoms with Crippen LogP contribution in [0.15, 0.2) is 0 Å². The van der Waals surface area contributed by atoms with Crippen LogP contribution in [-0.2, 0) is 4.74 Å². The molecule has 3 nitrogen and oxygen atoms in total. The molecule has 1 saturated heterocycles. The van der Waals surface area contributed by atoms with Gasteiger partial charge in [-0.1, -0.05) is 0 Å². The normalized spacial score (nSPS) is 44.8. The van der Waals surface area contributed by atoms with Crippen LogP contribution < -0.4 is 5.73 Å². The van der Waals surface area contributed by atoms with E-state index in [1.165, 1.54) is 12.8 Å². The Morgan fingerprint density at radius 3 is 2.85 bits per heavy atom. The molecule has 0 amide bonds. The Morgan fingerprint density at radius 1 is 1.54 bits per heavy atom. The van der Waals surface area contributed by atoms with E-state index in [1.807, 2.05) is 0 Å². The van der Waals surface area contributed by atoms with Gasteiger partial charge in [0.2, 0.25) is 0 Å². The third kappa shape index (κ3) is 1.60. The quantitative estimate of drug-likeness (QED) is 0.668. The first-order valence-electron chi connectivity index (χ1n) is 5.21. The Labute approximate surface area is 79.3 Å². The fourth-order valence-corrected chi connectivity index (χ4v) is 2.61. The first-order chi connectivity index (χ1) is 6.32. The van der Waals surface area contributed by atoms with Crippen molar-refractivity contribution < 1.29 is 9.84 Å². The van der Waals surface area contributed by atoms with E-state index in [0.717, 1.165) is 19.6 Å². The number of hydrogen-bond acceptors (Lipinski definition) is 3. The maximum Gasteiger partial charge on any atom is 0.0502 e. The van der Waals surface area contributed by atoms with E-state index in [4.69, 9.17) is 10.5 Å². The van der Waals surface area contributed by atoms with Crippen molar-refractivity contribution in [2.45, 2.75) is 19.3 Å². The summed E-state index contributed by atoms with van der Waals surface area (Å²) < 4.78 is 5.44. The SMILES string of the molecule is NCC1(CO)CC1C1CCCOC1. The molecule has 0 spiro atoms. The zero-order valence-corrected chi connectivity index (χ0v) is 8.04. The van der Waals surface area contributed by atoms with Gasteiger partial charge in [-0.15, -0.1) is 0 Å². The van der Waals surface area contributed by atoms with Crippen molar-refractivity contribution in [2.24, 2.45) is 23.0 Å². The summed E-state index contributed by atoms with van der Waals surface area (Å²) in [6.07, 6.45) is 3.54. The summed E-state index contributed by atoms with van der Waals surface area (Å²) in [5.41, 5.74) is 5.74. The van der Waals surface area contributed by atoms with Gasteiger partial charge in [0.15, 0.2) is 0 Å². The molecule has 3 heteroatoms. The average molecular weight is 185 g/mol. The summed E-state index contributed by atoms with van der Waals surface area (Å²) >= 11 is 0. The summed E-state index contributed by atoms with van der Waals surface area (Å²) in [5.74, 6) is 1.28. The van der Waals surface area contributed by atoms with Crippen LogP contribution in [0.4, 0.5) is 0 Å². The first kappa shape index (κ1) is 9.44. The third-order valence-electron chi connectivity index (χ3n) is 3.74. The molecule has 2 fully saturated rings. The lowest BCUT2D eigenvalue weighted by Gasteiger charge is -2.24. The second kappa shape index (κ2) is 3.56. The second-order valence-corrected chi connectivity index (χ2v) is 4.51. The van der Waals surface area contributed by atoms with E-state index in [0.29, 0.717) is 18.4 Å². The Morgan fingerprint density at radius 2 is 2.38 bits per heavy atom. The third-order valence-corrected chi connectivity index (χ3v) is 3.74. The molecular formula is C10H19NO2. The van der Waals surface area contributed by atoms with Crippen LogP contribution in [0.5, 0.6) is 0 Å². The number of aliphatic hydroxyl groups is 1. The van der Waals surface area contributed by atoms with Gasteiger partial charge in [0.25, 0.3) is 0 Å². The van der Waals surface area contributed by atoms with Gasteiger partial charge in [-0.25, -0.2) is 0 Å². The molecule has 13 heavy (non-hydrogen) atoms. The molecule has 0 aromatic carbocycles. The molecule has 2 aliphatic rings. The lowest BCUT2D eigenvalue weighted by atomic mass is 9.91. The molecular weight excluding hydrogens is 166 g/mol. The standard InChI is InChI=1S/C10H19NO2/c11-6-10(7-12)4-9(10)8-2-1-3-13-5-8/h8-9,12H,1-7,11H2. The maximum atomic E-state index is 9.24. The van der Waals surface area contributed by atoms with Gasteiger partial charge in [0.05, 0.1) is 6.61 Å². The van der Waals surface area contributed by atoms with E-state index >= 15 is 0 Å². The van der Waals surface area contributed by atoms with Gasteiger partial charge in [0.1, 0.15) is 0 Å². The minimum absolute atomic E-state index is 0.0609. The molecule has 76 valence electrons. The number of hydrogen-bond donors (Lipinski definition) is 2. The predicted molar refractivity (Wildman–Crippen MR) is 50.2 cm³/mol. The van der Waals surface area contributed by atoms with Crippen molar-refractivity contribution in [1.29, 1.82) is 0 Å². The highest BCUT2D eigenvalue weighted by Gasteiger charge is 2.55. The van der Waals surface area contributed by atoms with Gasteiger partial charge in [0, 0.05) is 25.2 Å². The molecule has 0 aromatic heterocycles. The summed E-state index contributed by atoms with van der Waals surface area (Å²) in [7, 11) is 0. The number of nitrogens with two attached hydrogens (primary N) is 1. The summed E-state index contributed by atoms with van der Waals surface area (Å²) in [6.45, 7) is 2.68. The van der Waals surface area contributed by atoms with Crippen LogP contribution in [-0.4, -0.2) is 31.5 Å². The summed E-state index contributed by atoms with van der Waals surface area (Å²) in [5, 5.41) is 9.24. The predicted octanol–water partition coefficient (Wildman–Crippen LogP) is 0.370. The molecule has 3 atom stereocenters. The van der Waals surface area contributed by atoms with E-state index in [-0.39, 0.29) is 12.0 Å². The van der Waals surface area contributed by atoms with Crippen molar-refractivity contribution in [1.82, 2.24) is 0 Å². The Bertz CT molecular complexity index is 174. The van der Waals surface area contributed by atoms with Crippen LogP contribution in [0.25, 0.3) is 0 Å². The molecule has 0 bridgehead atoms. The summed E-state index contributed by atoms with van der Waals surface area (Å²) in [6, 6.07) is 0. The minimum Gasteiger partial charge on any atom is -0.396 e. The fraction of sp³-hybridized carbons (Fsp3) is 1.00. The molecule has 2 rings (SSSR count). The van der Waals surface area contributed by atoms with Gasteiger partial charge < -0.3 is 15.6 Å². The van der Waals surface area contributed by atoms with Crippen molar-refractivity contribution in [3.05, 3.63) is 0 Å². The molecule has 1 aliphatic carbocycles. The van der Waals surface area contributed by atoms with E-state index in [2.05, 4.69) is 0 Å². The largest absolute Gasteiger partial charge is 0.396 e. The van der Waals surface area contributed by atoms with E-state index < -0.39 is 0 Å². The molecule has 3 unspecified atom stereocenters. The molecule has 1 saturated carbocycles. The molecule has 1 aliphatic heterocycles. The smallest absolute Gasteiger partial charge is 0.0502 e. The Balaban J connectivity index is 1.89. The average Bonchev–Trinajstić information content (AvgIpc) is 2.95. The van der Waals surface area contributed by atoms with Gasteiger partial charge in [-0.05, 0) is 31.1 Å². The molecule has 1 heterocycles. The highest BCUT2D eigenvalue weighted by molar-refractivity contribution is 5.05. The number of ether oxygens (including phenoxy) is 1. The van der Waals surface area contributed by atoms with Crippen LogP contribution in [0.3, 0.4) is 0 Å². The zero-order chi connectivity index (χ0) is 9.31. The van der Waals surface area contributed by atoms with Crippen molar-refractivity contribution >= 4 is 0 Å². The van der Waals surface area contributed by atoms with Crippen molar-refractivity contribution in [3.8, 4) is 0 Å². The highest BCUT2D eigenvalue weighted by Crippen LogP contribution is 2.56. The van der Waals surface area contributed by atoms with Crippen LogP contribution in [0.1, 0.15) is 19.3 Å². The summed E-state index contributed by atoms with van der Waals surface area (Å²) in [4.78, 5) is 0. The first-order valence-corrected chi connectivity index (χ1v) is 5.21. The Kier molecular flexibility index (Phi) is 2.58. The molecule has 0 radical (unpaired) electrons. The minimum atomic E-state index is 0.0609. The second-order valence-electron chi connectivity index (χ2n) is 4.51. The van der Waals surface area contributed by atoms with Gasteiger partial charge in [-0.3, -0.25) is 0 Å². The molecule has 0 aromatic rings.